The summed E-state index contributed by atoms with van der Waals surface area (Å²) in [6.07, 6.45) is -0.227. The molecule has 7 nitrogen and oxygen atoms in total. The maximum atomic E-state index is 11.3. The molecule has 1 aliphatic heterocycles. The molecule has 0 bridgehead atoms. The summed E-state index contributed by atoms with van der Waals surface area (Å²) in [7, 11) is 3.23. The zero-order chi connectivity index (χ0) is 15.6. The van der Waals surface area contributed by atoms with Gasteiger partial charge in [-0.05, 0) is 5.92 Å². The Morgan fingerprint density at radius 1 is 1.43 bits per heavy atom. The molecule has 1 saturated heterocycles. The molecule has 118 valence electrons. The number of carboxylic acid groups (broad SMARTS) is 1. The third kappa shape index (κ3) is 3.19. The lowest BCUT2D eigenvalue weighted by Gasteiger charge is -2.41. The minimum atomic E-state index is -0.895. The van der Waals surface area contributed by atoms with Gasteiger partial charge in [-0.3, -0.25) is 4.79 Å². The van der Waals surface area contributed by atoms with Gasteiger partial charge in [0.2, 0.25) is 0 Å². The molecule has 7 heteroatoms. The Balaban J connectivity index is 2.00. The van der Waals surface area contributed by atoms with Crippen LogP contribution in [-0.2, 0) is 14.3 Å². The number of carbonyl (C=O) groups is 1. The minimum Gasteiger partial charge on any atom is -0.481 e. The Hall–Kier alpha value is -1.60. The topological polar surface area (TPSA) is 85.0 Å². The van der Waals surface area contributed by atoms with Gasteiger partial charge in [-0.25, -0.2) is 0 Å². The van der Waals surface area contributed by atoms with Gasteiger partial charge in [0.25, 0.3) is 0 Å². The second-order valence-corrected chi connectivity index (χ2v) is 5.65. The molecule has 1 atom stereocenters. The summed E-state index contributed by atoms with van der Waals surface area (Å²) >= 11 is 0. The van der Waals surface area contributed by atoms with Gasteiger partial charge in [-0.1, -0.05) is 19.0 Å². The van der Waals surface area contributed by atoms with E-state index in [2.05, 4.69) is 5.16 Å². The van der Waals surface area contributed by atoms with Gasteiger partial charge < -0.3 is 24.0 Å². The number of carboxylic acids is 1. The molecular formula is C14H22N2O5. The van der Waals surface area contributed by atoms with Crippen molar-refractivity contribution in [1.29, 1.82) is 0 Å². The summed E-state index contributed by atoms with van der Waals surface area (Å²) in [5.74, 6) is -0.286. The van der Waals surface area contributed by atoms with E-state index in [4.69, 9.17) is 14.0 Å². The van der Waals surface area contributed by atoms with E-state index in [1.807, 2.05) is 18.7 Å². The molecule has 0 spiro atoms. The van der Waals surface area contributed by atoms with Crippen molar-refractivity contribution in [3.63, 3.8) is 0 Å². The molecule has 1 N–H and O–H groups in total. The molecule has 0 saturated carbocycles. The van der Waals surface area contributed by atoms with Crippen LogP contribution in [0.2, 0.25) is 0 Å². The monoisotopic (exact) mass is 298 g/mol. The first-order chi connectivity index (χ1) is 9.97. The lowest BCUT2D eigenvalue weighted by atomic mass is 9.93. The molecule has 1 fully saturated rings. The van der Waals surface area contributed by atoms with Crippen LogP contribution in [0.25, 0.3) is 0 Å². The van der Waals surface area contributed by atoms with Crippen LogP contribution in [0.5, 0.6) is 0 Å². The predicted octanol–water partition coefficient (Wildman–Crippen LogP) is 1.55. The van der Waals surface area contributed by atoms with E-state index >= 15 is 0 Å². The number of aliphatic carboxylic acids is 1. The Morgan fingerprint density at radius 2 is 2.05 bits per heavy atom. The molecule has 0 aliphatic carbocycles. The molecule has 0 aromatic carbocycles. The van der Waals surface area contributed by atoms with E-state index in [0.29, 0.717) is 11.6 Å². The fraction of sp³-hybridized carbons (Fsp3) is 0.714. The van der Waals surface area contributed by atoms with Gasteiger partial charge in [0.05, 0.1) is 0 Å². The second kappa shape index (κ2) is 6.44. The fourth-order valence-electron chi connectivity index (χ4n) is 2.66. The molecule has 2 rings (SSSR count). The summed E-state index contributed by atoms with van der Waals surface area (Å²) in [4.78, 5) is 13.3. The van der Waals surface area contributed by atoms with Gasteiger partial charge in [-0.2, -0.15) is 0 Å². The number of aromatic nitrogens is 1. The third-order valence-corrected chi connectivity index (χ3v) is 3.84. The van der Waals surface area contributed by atoms with Crippen molar-refractivity contribution in [1.82, 2.24) is 5.16 Å². The summed E-state index contributed by atoms with van der Waals surface area (Å²) < 4.78 is 15.7. The molecular weight excluding hydrogens is 276 g/mol. The molecule has 0 radical (unpaired) electrons. The molecule has 1 aromatic heterocycles. The Bertz CT molecular complexity index is 477. The van der Waals surface area contributed by atoms with Gasteiger partial charge >= 0.3 is 5.97 Å². The highest BCUT2D eigenvalue weighted by atomic mass is 16.7. The predicted molar refractivity (Wildman–Crippen MR) is 75.2 cm³/mol. The van der Waals surface area contributed by atoms with Crippen LogP contribution in [0.15, 0.2) is 10.6 Å². The number of rotatable bonds is 7. The summed E-state index contributed by atoms with van der Waals surface area (Å²) in [6, 6.07) is 1.71. The highest BCUT2D eigenvalue weighted by Crippen LogP contribution is 2.31. The quantitative estimate of drug-likeness (QED) is 0.764. The lowest BCUT2D eigenvalue weighted by Crippen LogP contribution is -2.53. The maximum absolute atomic E-state index is 11.3. The molecule has 1 unspecified atom stereocenters. The van der Waals surface area contributed by atoms with Crippen LogP contribution in [0.3, 0.4) is 0 Å². The molecule has 2 heterocycles. The van der Waals surface area contributed by atoms with Crippen LogP contribution >= 0.6 is 0 Å². The number of methoxy groups -OCH3 is 2. The average molecular weight is 298 g/mol. The highest BCUT2D eigenvalue weighted by molar-refractivity contribution is 5.75. The van der Waals surface area contributed by atoms with Gasteiger partial charge in [-0.15, -0.1) is 0 Å². The van der Waals surface area contributed by atoms with Gasteiger partial charge in [0, 0.05) is 39.3 Å². The first kappa shape index (κ1) is 15.8. The molecule has 1 aliphatic rings. The smallest absolute Gasteiger partial charge is 0.314 e. The number of hydrogen-bond acceptors (Lipinski definition) is 6. The van der Waals surface area contributed by atoms with E-state index in [1.165, 1.54) is 0 Å². The summed E-state index contributed by atoms with van der Waals surface area (Å²) in [5.41, 5.74) is 0. The van der Waals surface area contributed by atoms with Gasteiger partial charge in [0.15, 0.2) is 17.9 Å². The minimum absolute atomic E-state index is 0.0567. The molecule has 21 heavy (non-hydrogen) atoms. The fourth-order valence-corrected chi connectivity index (χ4v) is 2.66. The highest BCUT2D eigenvalue weighted by Gasteiger charge is 2.36. The zero-order valence-corrected chi connectivity index (χ0v) is 12.8. The van der Waals surface area contributed by atoms with E-state index in [-0.39, 0.29) is 18.1 Å². The van der Waals surface area contributed by atoms with E-state index < -0.39 is 11.9 Å². The van der Waals surface area contributed by atoms with Crippen LogP contribution in [0, 0.1) is 11.8 Å². The number of anilines is 1. The van der Waals surface area contributed by atoms with Crippen LogP contribution in [0.4, 0.5) is 5.82 Å². The maximum Gasteiger partial charge on any atom is 0.314 e. The lowest BCUT2D eigenvalue weighted by molar-refractivity contribution is -0.142. The number of nitrogens with zero attached hydrogens (tertiary/aromatic N) is 2. The number of hydrogen-bond donors (Lipinski definition) is 1. The van der Waals surface area contributed by atoms with E-state index in [0.717, 1.165) is 13.1 Å². The van der Waals surface area contributed by atoms with Crippen molar-refractivity contribution in [3.8, 4) is 0 Å². The Morgan fingerprint density at radius 3 is 2.52 bits per heavy atom. The van der Waals surface area contributed by atoms with Crippen molar-refractivity contribution >= 4 is 11.8 Å². The van der Waals surface area contributed by atoms with Crippen molar-refractivity contribution in [2.45, 2.75) is 26.1 Å². The number of ether oxygens (including phenoxy) is 2. The standard InChI is InChI=1S/C14H22N2O5/c1-8(2)12(13(17)18)10-5-11(15-21-10)16-6-9(7-16)14(19-3)20-4/h5,8-9,12,14H,6-7H2,1-4H3,(H,17,18). The van der Waals surface area contributed by atoms with Crippen molar-refractivity contribution in [2.75, 3.05) is 32.2 Å². The van der Waals surface area contributed by atoms with Crippen molar-refractivity contribution < 1.29 is 23.9 Å². The van der Waals surface area contributed by atoms with Crippen molar-refractivity contribution in [3.05, 3.63) is 11.8 Å². The first-order valence-electron chi connectivity index (χ1n) is 6.97. The van der Waals surface area contributed by atoms with Crippen molar-refractivity contribution in [2.24, 2.45) is 11.8 Å². The second-order valence-electron chi connectivity index (χ2n) is 5.65. The molecule has 0 amide bonds. The Labute approximate surface area is 123 Å². The summed E-state index contributed by atoms with van der Waals surface area (Å²) in [5, 5.41) is 13.2. The summed E-state index contributed by atoms with van der Waals surface area (Å²) in [6.45, 7) is 5.19. The third-order valence-electron chi connectivity index (χ3n) is 3.84. The van der Waals surface area contributed by atoms with E-state index in [1.54, 1.807) is 20.3 Å². The largest absolute Gasteiger partial charge is 0.481 e. The Kier molecular flexibility index (Phi) is 4.84. The first-order valence-corrected chi connectivity index (χ1v) is 6.97. The van der Waals surface area contributed by atoms with Crippen LogP contribution < -0.4 is 4.90 Å². The zero-order valence-electron chi connectivity index (χ0n) is 12.8. The van der Waals surface area contributed by atoms with E-state index in [9.17, 15) is 9.90 Å². The normalized spacial score (nSPS) is 17.3. The van der Waals surface area contributed by atoms with Crippen LogP contribution in [-0.4, -0.2) is 49.8 Å². The van der Waals surface area contributed by atoms with Crippen LogP contribution in [0.1, 0.15) is 25.5 Å². The van der Waals surface area contributed by atoms with Gasteiger partial charge in [0.1, 0.15) is 5.92 Å². The molecule has 1 aromatic rings. The average Bonchev–Trinajstić information content (AvgIpc) is 2.80. The SMILES string of the molecule is COC(OC)C1CN(c2cc(C(C(=O)O)C(C)C)on2)C1.